The van der Waals surface area contributed by atoms with Crippen molar-refractivity contribution in [1.29, 1.82) is 0 Å². The molecule has 21 heavy (non-hydrogen) atoms. The first-order valence-electron chi connectivity index (χ1n) is 6.43. The molecule has 1 aromatic carbocycles. The third-order valence-electron chi connectivity index (χ3n) is 3.50. The van der Waals surface area contributed by atoms with E-state index in [-0.39, 0.29) is 0 Å². The molecule has 0 fully saturated rings. The van der Waals surface area contributed by atoms with E-state index in [0.717, 1.165) is 15.6 Å². The largest absolute Gasteiger partial charge is 0.497 e. The number of pyridine rings is 1. The third kappa shape index (κ3) is 2.43. The highest BCUT2D eigenvalue weighted by molar-refractivity contribution is 9.10. The van der Waals surface area contributed by atoms with E-state index >= 15 is 0 Å². The van der Waals surface area contributed by atoms with Crippen molar-refractivity contribution >= 4 is 26.9 Å². The zero-order chi connectivity index (χ0) is 15.0. The van der Waals surface area contributed by atoms with Gasteiger partial charge in [-0.05, 0) is 53.2 Å². The van der Waals surface area contributed by atoms with Gasteiger partial charge in [-0.25, -0.2) is 0 Å². The lowest BCUT2D eigenvalue weighted by molar-refractivity contribution is 0.0778. The molecule has 0 amide bonds. The SMILES string of the molecule is COc1ccc2oc(C(C)(O)c3ccncc3Br)cc2c1. The molecular weight excluding hydrogens is 334 g/mol. The molecule has 2 heterocycles. The Morgan fingerprint density at radius 3 is 2.81 bits per heavy atom. The maximum Gasteiger partial charge on any atom is 0.145 e. The smallest absolute Gasteiger partial charge is 0.145 e. The summed E-state index contributed by atoms with van der Waals surface area (Å²) in [6.07, 6.45) is 3.29. The van der Waals surface area contributed by atoms with Crippen molar-refractivity contribution in [1.82, 2.24) is 4.98 Å². The van der Waals surface area contributed by atoms with Gasteiger partial charge in [-0.2, -0.15) is 0 Å². The normalized spacial score (nSPS) is 14.1. The van der Waals surface area contributed by atoms with Crippen molar-refractivity contribution in [3.63, 3.8) is 0 Å². The zero-order valence-corrected chi connectivity index (χ0v) is 13.2. The van der Waals surface area contributed by atoms with Crippen LogP contribution in [-0.2, 0) is 5.60 Å². The van der Waals surface area contributed by atoms with E-state index in [1.54, 1.807) is 32.5 Å². The molecular formula is C16H14BrNO3. The average molecular weight is 348 g/mol. The third-order valence-corrected chi connectivity index (χ3v) is 4.13. The minimum Gasteiger partial charge on any atom is -0.497 e. The first-order valence-corrected chi connectivity index (χ1v) is 7.22. The highest BCUT2D eigenvalue weighted by Crippen LogP contribution is 2.37. The fourth-order valence-electron chi connectivity index (χ4n) is 2.29. The van der Waals surface area contributed by atoms with Crippen molar-refractivity contribution in [2.45, 2.75) is 12.5 Å². The van der Waals surface area contributed by atoms with Crippen molar-refractivity contribution in [3.8, 4) is 5.75 Å². The Labute approximate surface area is 130 Å². The Hall–Kier alpha value is -1.85. The second-order valence-electron chi connectivity index (χ2n) is 4.94. The summed E-state index contributed by atoms with van der Waals surface area (Å²) in [6.45, 7) is 1.70. The molecule has 0 aliphatic carbocycles. The summed E-state index contributed by atoms with van der Waals surface area (Å²) < 4.78 is 11.7. The second-order valence-corrected chi connectivity index (χ2v) is 5.80. The molecule has 5 heteroatoms. The maximum absolute atomic E-state index is 10.9. The van der Waals surface area contributed by atoms with Gasteiger partial charge in [0.1, 0.15) is 22.7 Å². The molecule has 0 aliphatic heterocycles. The molecule has 108 valence electrons. The number of nitrogens with zero attached hydrogens (tertiary/aromatic N) is 1. The number of hydrogen-bond acceptors (Lipinski definition) is 4. The molecule has 0 spiro atoms. The van der Waals surface area contributed by atoms with E-state index in [1.165, 1.54) is 0 Å². The molecule has 1 unspecified atom stereocenters. The van der Waals surface area contributed by atoms with Crippen molar-refractivity contribution in [2.75, 3.05) is 7.11 Å². The fourth-order valence-corrected chi connectivity index (χ4v) is 2.93. The van der Waals surface area contributed by atoms with Crippen LogP contribution in [0.15, 0.2) is 51.6 Å². The van der Waals surface area contributed by atoms with Crippen molar-refractivity contribution in [3.05, 3.63) is 58.5 Å². The van der Waals surface area contributed by atoms with Crippen LogP contribution in [0.1, 0.15) is 18.2 Å². The standard InChI is InChI=1S/C16H14BrNO3/c1-16(19,12-5-6-18-9-13(12)17)15-8-10-7-11(20-2)3-4-14(10)21-15/h3-9,19H,1-2H3. The number of methoxy groups -OCH3 is 1. The van der Waals surface area contributed by atoms with E-state index < -0.39 is 5.60 Å². The van der Waals surface area contributed by atoms with Gasteiger partial charge in [-0.15, -0.1) is 0 Å². The molecule has 4 nitrogen and oxygen atoms in total. The molecule has 0 bridgehead atoms. The Morgan fingerprint density at radius 1 is 1.29 bits per heavy atom. The lowest BCUT2D eigenvalue weighted by atomic mass is 9.94. The fraction of sp³-hybridized carbons (Fsp3) is 0.188. The first kappa shape index (κ1) is 14.1. The predicted octanol–water partition coefficient (Wildman–Crippen LogP) is 3.85. The predicted molar refractivity (Wildman–Crippen MR) is 83.4 cm³/mol. The van der Waals surface area contributed by atoms with Crippen LogP contribution in [0.3, 0.4) is 0 Å². The summed E-state index contributed by atoms with van der Waals surface area (Å²) in [6, 6.07) is 9.12. The molecule has 0 radical (unpaired) electrons. The van der Waals surface area contributed by atoms with Crippen LogP contribution < -0.4 is 4.74 Å². The summed E-state index contributed by atoms with van der Waals surface area (Å²) in [4.78, 5) is 4.01. The Balaban J connectivity index is 2.12. The van der Waals surface area contributed by atoms with Gasteiger partial charge in [-0.3, -0.25) is 4.98 Å². The number of furan rings is 1. The Morgan fingerprint density at radius 2 is 2.10 bits per heavy atom. The quantitative estimate of drug-likeness (QED) is 0.781. The minimum absolute atomic E-state index is 0.470. The molecule has 0 saturated carbocycles. The molecule has 2 aromatic heterocycles. The molecule has 3 rings (SSSR count). The Kier molecular flexibility index (Phi) is 3.47. The molecule has 0 aliphatic rings. The minimum atomic E-state index is -1.26. The molecule has 3 aromatic rings. The van der Waals surface area contributed by atoms with Crippen LogP contribution in [-0.4, -0.2) is 17.2 Å². The van der Waals surface area contributed by atoms with Crippen LogP contribution in [0, 0.1) is 0 Å². The lowest BCUT2D eigenvalue weighted by Crippen LogP contribution is -2.22. The van der Waals surface area contributed by atoms with Gasteiger partial charge in [0.25, 0.3) is 0 Å². The monoisotopic (exact) mass is 347 g/mol. The summed E-state index contributed by atoms with van der Waals surface area (Å²) in [7, 11) is 1.62. The van der Waals surface area contributed by atoms with Crippen LogP contribution in [0.2, 0.25) is 0 Å². The first-order chi connectivity index (χ1) is 10.0. The average Bonchev–Trinajstić information content (AvgIpc) is 2.91. The van der Waals surface area contributed by atoms with Gasteiger partial charge in [0, 0.05) is 27.8 Å². The number of hydrogen-bond donors (Lipinski definition) is 1. The van der Waals surface area contributed by atoms with E-state index in [9.17, 15) is 5.11 Å². The van der Waals surface area contributed by atoms with E-state index in [4.69, 9.17) is 9.15 Å². The highest BCUT2D eigenvalue weighted by Gasteiger charge is 2.31. The summed E-state index contributed by atoms with van der Waals surface area (Å²) in [5.41, 5.74) is 0.147. The maximum atomic E-state index is 10.9. The van der Waals surface area contributed by atoms with E-state index in [2.05, 4.69) is 20.9 Å². The number of fused-ring (bicyclic) bond motifs is 1. The van der Waals surface area contributed by atoms with E-state index in [1.807, 2.05) is 24.3 Å². The highest BCUT2D eigenvalue weighted by atomic mass is 79.9. The van der Waals surface area contributed by atoms with Gasteiger partial charge in [-0.1, -0.05) is 0 Å². The van der Waals surface area contributed by atoms with Crippen LogP contribution in [0.4, 0.5) is 0 Å². The number of aromatic nitrogens is 1. The number of halogens is 1. The Bertz CT molecular complexity index is 795. The van der Waals surface area contributed by atoms with Gasteiger partial charge in [0.2, 0.25) is 0 Å². The summed E-state index contributed by atoms with van der Waals surface area (Å²) >= 11 is 3.41. The van der Waals surface area contributed by atoms with Crippen LogP contribution in [0.25, 0.3) is 11.0 Å². The van der Waals surface area contributed by atoms with Gasteiger partial charge < -0.3 is 14.3 Å². The topological polar surface area (TPSA) is 55.5 Å². The number of aliphatic hydroxyl groups is 1. The summed E-state index contributed by atoms with van der Waals surface area (Å²) in [5.74, 6) is 1.22. The molecule has 0 saturated heterocycles. The van der Waals surface area contributed by atoms with Crippen molar-refractivity contribution < 1.29 is 14.3 Å². The lowest BCUT2D eigenvalue weighted by Gasteiger charge is -2.22. The summed E-state index contributed by atoms with van der Waals surface area (Å²) in [5, 5.41) is 11.8. The van der Waals surface area contributed by atoms with Gasteiger partial charge >= 0.3 is 0 Å². The number of rotatable bonds is 3. The van der Waals surface area contributed by atoms with Crippen molar-refractivity contribution in [2.24, 2.45) is 0 Å². The number of ether oxygens (including phenoxy) is 1. The van der Waals surface area contributed by atoms with Crippen LogP contribution >= 0.6 is 15.9 Å². The van der Waals surface area contributed by atoms with Gasteiger partial charge in [0.05, 0.1) is 7.11 Å². The van der Waals surface area contributed by atoms with Crippen LogP contribution in [0.5, 0.6) is 5.75 Å². The van der Waals surface area contributed by atoms with E-state index in [0.29, 0.717) is 16.9 Å². The molecule has 1 N–H and O–H groups in total. The zero-order valence-electron chi connectivity index (χ0n) is 11.6. The number of benzene rings is 1. The second kappa shape index (κ2) is 5.16. The van der Waals surface area contributed by atoms with Gasteiger partial charge in [0.15, 0.2) is 0 Å². The molecule has 1 atom stereocenters.